The van der Waals surface area contributed by atoms with Crippen LogP contribution in [-0.4, -0.2) is 52.1 Å². The molecule has 8 nitrogen and oxygen atoms in total. The van der Waals surface area contributed by atoms with Gasteiger partial charge in [0.1, 0.15) is 23.0 Å². The monoisotopic (exact) mass is 589 g/mol. The summed E-state index contributed by atoms with van der Waals surface area (Å²) in [5, 5.41) is 13.7. The first-order chi connectivity index (χ1) is 17.4. The molecule has 0 amide bonds. The Labute approximate surface area is 231 Å². The van der Waals surface area contributed by atoms with Gasteiger partial charge in [-0.15, -0.1) is 12.4 Å². The second-order valence-electron chi connectivity index (χ2n) is 8.38. The molecule has 3 aromatic rings. The highest BCUT2D eigenvalue weighted by Crippen LogP contribution is 2.33. The van der Waals surface area contributed by atoms with Gasteiger partial charge in [0.25, 0.3) is 5.78 Å². The number of Topliss-reactive ketones (excluding diaryl/α,β-unsaturated/α-hetero) is 1. The van der Waals surface area contributed by atoms with Gasteiger partial charge >= 0.3 is 12.1 Å². The number of piperidine rings is 1. The van der Waals surface area contributed by atoms with Crippen LogP contribution in [-0.2, 0) is 0 Å². The number of aromatic carboxylic acids is 1. The number of nitrogens with zero attached hydrogens (tertiary/aromatic N) is 3. The number of anilines is 3. The summed E-state index contributed by atoms with van der Waals surface area (Å²) >= 11 is 12.3. The molecular formula is C24H21Cl3F3N5O3. The van der Waals surface area contributed by atoms with Gasteiger partial charge in [-0.3, -0.25) is 4.79 Å². The lowest BCUT2D eigenvalue weighted by molar-refractivity contribution is -0.0884. The number of alkyl halides is 3. The fraction of sp³-hybridized carbons (Fsp3) is 0.250. The van der Waals surface area contributed by atoms with Crippen LogP contribution in [0, 0.1) is 0 Å². The Morgan fingerprint density at radius 1 is 1.08 bits per heavy atom. The number of nitrogens with two attached hydrogens (primary N) is 1. The molecule has 38 heavy (non-hydrogen) atoms. The minimum absolute atomic E-state index is 0. The number of halogens is 6. The lowest BCUT2D eigenvalue weighted by Crippen LogP contribution is -2.43. The lowest BCUT2D eigenvalue weighted by atomic mass is 10.0. The number of hydrogen-bond donors (Lipinski definition) is 3. The molecule has 1 saturated heterocycles. The van der Waals surface area contributed by atoms with Crippen molar-refractivity contribution in [3.05, 3.63) is 63.6 Å². The molecule has 4 N–H and O–H groups in total. The third kappa shape index (κ3) is 6.40. The number of pyridine rings is 2. The highest BCUT2D eigenvalue weighted by Gasteiger charge is 2.40. The number of nitrogens with one attached hydrogen (secondary N) is 1. The highest BCUT2D eigenvalue weighted by atomic mass is 35.5. The maximum Gasteiger partial charge on any atom is 0.455 e. The number of aromatic nitrogens is 2. The van der Waals surface area contributed by atoms with E-state index in [1.54, 1.807) is 24.3 Å². The molecule has 0 aliphatic carbocycles. The van der Waals surface area contributed by atoms with E-state index in [1.165, 1.54) is 12.1 Å². The minimum atomic E-state index is -5.06. The minimum Gasteiger partial charge on any atom is -0.478 e. The van der Waals surface area contributed by atoms with E-state index in [0.29, 0.717) is 47.2 Å². The summed E-state index contributed by atoms with van der Waals surface area (Å²) in [7, 11) is 0. The molecule has 14 heteroatoms. The van der Waals surface area contributed by atoms with E-state index in [0.717, 1.165) is 6.07 Å². The number of carbonyl (C=O) groups excluding carboxylic acids is 1. The number of ketones is 1. The Morgan fingerprint density at radius 2 is 1.79 bits per heavy atom. The number of benzene rings is 1. The predicted octanol–water partition coefficient (Wildman–Crippen LogP) is 5.98. The number of carboxylic acid groups (broad SMARTS) is 1. The summed E-state index contributed by atoms with van der Waals surface area (Å²) in [4.78, 5) is 33.7. The van der Waals surface area contributed by atoms with E-state index in [2.05, 4.69) is 15.3 Å². The lowest BCUT2D eigenvalue weighted by Gasteiger charge is -2.35. The van der Waals surface area contributed by atoms with Crippen molar-refractivity contribution in [3.8, 4) is 11.3 Å². The number of nitrogen functional groups attached to an aromatic ring is 1. The van der Waals surface area contributed by atoms with Gasteiger partial charge in [-0.05, 0) is 55.3 Å². The molecule has 1 fully saturated rings. The number of hydrogen-bond acceptors (Lipinski definition) is 7. The first kappa shape index (κ1) is 29.3. The summed E-state index contributed by atoms with van der Waals surface area (Å²) in [5.74, 6) is -3.31. The van der Waals surface area contributed by atoms with Crippen LogP contribution in [0.3, 0.4) is 0 Å². The summed E-state index contributed by atoms with van der Waals surface area (Å²) in [6.07, 6.45) is -3.72. The van der Waals surface area contributed by atoms with E-state index in [9.17, 15) is 27.9 Å². The van der Waals surface area contributed by atoms with Crippen LogP contribution in [0.4, 0.5) is 30.6 Å². The Morgan fingerprint density at radius 3 is 2.42 bits per heavy atom. The van der Waals surface area contributed by atoms with Crippen LogP contribution in [0.2, 0.25) is 10.0 Å². The molecule has 1 aliphatic heterocycles. The molecule has 0 saturated carbocycles. The van der Waals surface area contributed by atoms with Gasteiger partial charge < -0.3 is 21.1 Å². The third-order valence-corrected chi connectivity index (χ3v) is 6.36. The maximum atomic E-state index is 12.7. The van der Waals surface area contributed by atoms with Gasteiger partial charge in [-0.2, -0.15) is 13.2 Å². The van der Waals surface area contributed by atoms with Gasteiger partial charge in [-0.25, -0.2) is 14.8 Å². The van der Waals surface area contributed by atoms with Crippen molar-refractivity contribution < 1.29 is 27.9 Å². The Balaban J connectivity index is 0.00000400. The zero-order chi connectivity index (χ0) is 26.9. The average molecular weight is 591 g/mol. The summed E-state index contributed by atoms with van der Waals surface area (Å²) < 4.78 is 38.2. The van der Waals surface area contributed by atoms with E-state index in [1.807, 2.05) is 4.90 Å². The molecule has 1 aliphatic rings. The topological polar surface area (TPSA) is 121 Å². The molecule has 4 rings (SSSR count). The van der Waals surface area contributed by atoms with Crippen molar-refractivity contribution in [1.29, 1.82) is 0 Å². The van der Waals surface area contributed by atoms with Gasteiger partial charge in [0, 0.05) is 29.7 Å². The fourth-order valence-corrected chi connectivity index (χ4v) is 4.61. The Bertz CT molecular complexity index is 1370. The van der Waals surface area contributed by atoms with Crippen molar-refractivity contribution in [2.24, 2.45) is 0 Å². The third-order valence-electron chi connectivity index (χ3n) is 5.81. The molecular weight excluding hydrogens is 570 g/mol. The van der Waals surface area contributed by atoms with Crippen molar-refractivity contribution in [1.82, 2.24) is 9.97 Å². The van der Waals surface area contributed by atoms with Crippen molar-refractivity contribution in [3.63, 3.8) is 0 Å². The number of rotatable bonds is 6. The first-order valence-corrected chi connectivity index (χ1v) is 11.8. The van der Waals surface area contributed by atoms with Crippen LogP contribution < -0.4 is 16.0 Å². The van der Waals surface area contributed by atoms with Crippen LogP contribution in [0.25, 0.3) is 11.3 Å². The summed E-state index contributed by atoms with van der Waals surface area (Å²) in [5.41, 5.74) is 5.95. The summed E-state index contributed by atoms with van der Waals surface area (Å²) in [6.45, 7) is 0.855. The predicted molar refractivity (Wildman–Crippen MR) is 142 cm³/mol. The largest absolute Gasteiger partial charge is 0.478 e. The average Bonchev–Trinajstić information content (AvgIpc) is 2.83. The maximum absolute atomic E-state index is 12.7. The van der Waals surface area contributed by atoms with Crippen molar-refractivity contribution in [2.45, 2.75) is 25.1 Å². The van der Waals surface area contributed by atoms with Gasteiger partial charge in [-0.1, -0.05) is 23.2 Å². The molecule has 3 heterocycles. The molecule has 0 bridgehead atoms. The second-order valence-corrected chi connectivity index (χ2v) is 9.23. The Hall–Kier alpha value is -3.28. The van der Waals surface area contributed by atoms with Crippen LogP contribution in [0.15, 0.2) is 42.5 Å². The normalized spacial score (nSPS) is 15.5. The molecule has 202 valence electrons. The fourth-order valence-electron chi connectivity index (χ4n) is 4.10. The van der Waals surface area contributed by atoms with E-state index < -0.39 is 29.3 Å². The number of carbonyl (C=O) groups is 2. The molecule has 0 radical (unpaired) electrons. The van der Waals surface area contributed by atoms with E-state index in [4.69, 9.17) is 28.9 Å². The van der Waals surface area contributed by atoms with E-state index in [-0.39, 0.29) is 35.6 Å². The molecule has 2 aromatic heterocycles. The zero-order valence-corrected chi connectivity index (χ0v) is 21.8. The molecule has 1 unspecified atom stereocenters. The van der Waals surface area contributed by atoms with Gasteiger partial charge in [0.15, 0.2) is 0 Å². The van der Waals surface area contributed by atoms with Crippen molar-refractivity contribution >= 4 is 64.8 Å². The zero-order valence-electron chi connectivity index (χ0n) is 19.4. The Kier molecular flexibility index (Phi) is 8.96. The molecule has 1 atom stereocenters. The second kappa shape index (κ2) is 11.6. The standard InChI is InChI=1S/C24H20Cl2F3N5O3.ClH/c25-12-3-4-14(17(26)10-12)18-7-5-16(23(36)37)22(32-18)34-9-1-2-13(11-34)31-19-8-6-15(21(30)33-19)20(35)24(27,28)29;/h3-8,10,13H,1-2,9,11H2,(H,36,37)(H3,30,31,33);1H. The van der Waals surface area contributed by atoms with E-state index >= 15 is 0 Å². The van der Waals surface area contributed by atoms with Gasteiger partial charge in [0.05, 0.1) is 16.3 Å². The van der Waals surface area contributed by atoms with Gasteiger partial charge in [0.2, 0.25) is 0 Å². The van der Waals surface area contributed by atoms with Crippen LogP contribution in [0.5, 0.6) is 0 Å². The molecule has 1 aromatic carbocycles. The van der Waals surface area contributed by atoms with Crippen molar-refractivity contribution in [2.75, 3.05) is 29.0 Å². The molecule has 0 spiro atoms. The van der Waals surface area contributed by atoms with Crippen LogP contribution >= 0.6 is 35.6 Å². The smallest absolute Gasteiger partial charge is 0.455 e. The first-order valence-electron chi connectivity index (χ1n) is 11.0. The number of carboxylic acids is 1. The quantitative estimate of drug-likeness (QED) is 0.300. The van der Waals surface area contributed by atoms with Crippen LogP contribution in [0.1, 0.15) is 33.6 Å². The summed E-state index contributed by atoms with van der Waals surface area (Å²) in [6, 6.07) is 9.92. The SMILES string of the molecule is Cl.Nc1nc(NC2CCCN(c3nc(-c4ccc(Cl)cc4Cl)ccc3C(=O)O)C2)ccc1C(=O)C(F)(F)F. The highest BCUT2D eigenvalue weighted by molar-refractivity contribution is 6.36.